The van der Waals surface area contributed by atoms with E-state index >= 15 is 0 Å². The van der Waals surface area contributed by atoms with Crippen molar-refractivity contribution in [3.05, 3.63) is 0 Å². The summed E-state index contributed by atoms with van der Waals surface area (Å²) in [6.07, 6.45) is 0.483. The highest BCUT2D eigenvalue weighted by Crippen LogP contribution is 2.06. The Hall–Kier alpha value is -1.20. The van der Waals surface area contributed by atoms with Gasteiger partial charge in [0.2, 0.25) is 11.8 Å². The molecule has 0 saturated heterocycles. The molecule has 5 atom stereocenters. The lowest BCUT2D eigenvalue weighted by Crippen LogP contribution is -2.52. The highest BCUT2D eigenvalue weighted by Gasteiger charge is 2.23. The fourth-order valence-electron chi connectivity index (χ4n) is 1.29. The van der Waals surface area contributed by atoms with Gasteiger partial charge in [0.25, 0.3) is 0 Å². The fourth-order valence-corrected chi connectivity index (χ4v) is 1.59. The van der Waals surface area contributed by atoms with Crippen molar-refractivity contribution in [2.75, 3.05) is 0 Å². The van der Waals surface area contributed by atoms with E-state index < -0.39 is 35.9 Å². The van der Waals surface area contributed by atoms with Gasteiger partial charge in [-0.05, 0) is 25.9 Å². The quantitative estimate of drug-likeness (QED) is 0.451. The van der Waals surface area contributed by atoms with Crippen LogP contribution in [0.15, 0.2) is 0 Å². The molecule has 0 aromatic rings. The molecule has 0 aliphatic carbocycles. The number of hydrogen-bond donors (Lipinski definition) is 4. The van der Waals surface area contributed by atoms with Crippen LogP contribution in [-0.2, 0) is 14.4 Å². The summed E-state index contributed by atoms with van der Waals surface area (Å²) in [5.41, 5.74) is 5.86. The Morgan fingerprint density at radius 2 is 1.58 bits per heavy atom. The van der Waals surface area contributed by atoms with Gasteiger partial charge < -0.3 is 21.5 Å². The maximum atomic E-state index is 11.7. The number of nitrogens with one attached hydrogen (secondary N) is 2. The first-order valence-electron chi connectivity index (χ1n) is 5.99. The van der Waals surface area contributed by atoms with Gasteiger partial charge in [-0.15, -0.1) is 9.24 Å². The highest BCUT2D eigenvalue weighted by atomic mass is 31.0. The van der Waals surface area contributed by atoms with E-state index in [1.807, 2.05) is 6.92 Å². The van der Waals surface area contributed by atoms with Crippen molar-refractivity contribution in [1.29, 1.82) is 0 Å². The molecule has 0 bridgehead atoms. The Morgan fingerprint density at radius 3 is 2.00 bits per heavy atom. The largest absolute Gasteiger partial charge is 0.480 e. The molecular formula is C11H22N3O4P. The smallest absolute Gasteiger partial charge is 0.325 e. The van der Waals surface area contributed by atoms with Gasteiger partial charge in [0.1, 0.15) is 12.1 Å². The predicted octanol–water partition coefficient (Wildman–Crippen LogP) is -0.939. The van der Waals surface area contributed by atoms with E-state index in [1.54, 1.807) is 0 Å². The first-order valence-corrected chi connectivity index (χ1v) is 6.66. The van der Waals surface area contributed by atoms with Crippen LogP contribution in [0.5, 0.6) is 0 Å². The number of carbonyl (C=O) groups excluding carboxylic acids is 2. The molecule has 0 fully saturated rings. The average molecular weight is 291 g/mol. The normalized spacial score (nSPS) is 16.9. The topological polar surface area (TPSA) is 122 Å². The van der Waals surface area contributed by atoms with Crippen LogP contribution in [0.1, 0.15) is 27.2 Å². The van der Waals surface area contributed by atoms with Crippen molar-refractivity contribution in [2.45, 2.75) is 51.0 Å². The van der Waals surface area contributed by atoms with Crippen LogP contribution < -0.4 is 16.4 Å². The van der Waals surface area contributed by atoms with Crippen molar-refractivity contribution in [1.82, 2.24) is 10.6 Å². The summed E-state index contributed by atoms with van der Waals surface area (Å²) >= 11 is 0. The lowest BCUT2D eigenvalue weighted by atomic mass is 10.1. The van der Waals surface area contributed by atoms with E-state index in [-0.39, 0.29) is 5.66 Å². The van der Waals surface area contributed by atoms with Crippen LogP contribution in [0, 0.1) is 0 Å². The monoisotopic (exact) mass is 291 g/mol. The van der Waals surface area contributed by atoms with Crippen molar-refractivity contribution in [3.63, 3.8) is 0 Å². The van der Waals surface area contributed by atoms with Crippen molar-refractivity contribution >= 4 is 27.0 Å². The summed E-state index contributed by atoms with van der Waals surface area (Å²) in [7, 11) is 2.54. The first kappa shape index (κ1) is 17.8. The Kier molecular flexibility index (Phi) is 7.56. The van der Waals surface area contributed by atoms with Gasteiger partial charge in [-0.3, -0.25) is 14.4 Å². The molecule has 0 heterocycles. The lowest BCUT2D eigenvalue weighted by Gasteiger charge is -2.19. The van der Waals surface area contributed by atoms with Gasteiger partial charge in [-0.1, -0.05) is 6.92 Å². The minimum atomic E-state index is -1.14. The van der Waals surface area contributed by atoms with Gasteiger partial charge in [-0.2, -0.15) is 0 Å². The number of nitrogens with two attached hydrogens (primary N) is 1. The fraction of sp³-hybridized carbons (Fsp3) is 0.727. The maximum Gasteiger partial charge on any atom is 0.325 e. The number of rotatable bonds is 7. The van der Waals surface area contributed by atoms with E-state index in [0.29, 0.717) is 6.42 Å². The minimum Gasteiger partial charge on any atom is -0.480 e. The molecule has 8 heteroatoms. The summed E-state index contributed by atoms with van der Waals surface area (Å²) in [4.78, 5) is 33.9. The van der Waals surface area contributed by atoms with E-state index in [2.05, 4.69) is 19.9 Å². The van der Waals surface area contributed by atoms with E-state index in [9.17, 15) is 14.4 Å². The molecule has 19 heavy (non-hydrogen) atoms. The molecule has 5 N–H and O–H groups in total. The Bertz CT molecular complexity index is 349. The van der Waals surface area contributed by atoms with Crippen LogP contribution in [0.25, 0.3) is 0 Å². The lowest BCUT2D eigenvalue weighted by molar-refractivity contribution is -0.141. The Balaban J connectivity index is 4.29. The summed E-state index contributed by atoms with van der Waals surface area (Å²) in [6.45, 7) is 4.72. The highest BCUT2D eigenvalue weighted by molar-refractivity contribution is 7.17. The molecule has 0 aliphatic rings. The SMILES string of the molecule is CC(P)CC(N)C(=O)N[C@@H](C)C(=O)N[C@@H](C)C(=O)O. The van der Waals surface area contributed by atoms with Gasteiger partial charge >= 0.3 is 5.97 Å². The number of amides is 2. The number of carbonyl (C=O) groups is 3. The molecule has 110 valence electrons. The number of aliphatic carboxylic acids is 1. The molecule has 0 spiro atoms. The van der Waals surface area contributed by atoms with Crippen LogP contribution in [0.4, 0.5) is 0 Å². The number of hydrogen-bond acceptors (Lipinski definition) is 4. The molecule has 2 amide bonds. The summed E-state index contributed by atoms with van der Waals surface area (Å²) in [5, 5.41) is 13.4. The van der Waals surface area contributed by atoms with Crippen molar-refractivity contribution < 1.29 is 19.5 Å². The molecule has 0 saturated carbocycles. The van der Waals surface area contributed by atoms with Gasteiger partial charge in [-0.25, -0.2) is 0 Å². The van der Waals surface area contributed by atoms with Gasteiger partial charge in [0.05, 0.1) is 6.04 Å². The summed E-state index contributed by atoms with van der Waals surface area (Å²) in [6, 6.07) is -2.53. The standard InChI is InChI=1S/C11H22N3O4P/c1-5(19)4-8(12)10(16)13-6(2)9(15)14-7(3)11(17)18/h5-8H,4,12,19H2,1-3H3,(H,13,16)(H,14,15)(H,17,18)/t5?,6-,7-,8?/m0/s1. The molecule has 0 aliphatic heterocycles. The molecule has 3 unspecified atom stereocenters. The van der Waals surface area contributed by atoms with E-state index in [1.165, 1.54) is 13.8 Å². The second kappa shape index (κ2) is 8.07. The van der Waals surface area contributed by atoms with Crippen LogP contribution in [0.3, 0.4) is 0 Å². The molecule has 7 nitrogen and oxygen atoms in total. The third-order valence-corrected chi connectivity index (χ3v) is 2.72. The number of carboxylic acid groups (broad SMARTS) is 1. The predicted molar refractivity (Wildman–Crippen MR) is 74.6 cm³/mol. The second-order valence-corrected chi connectivity index (χ2v) is 5.76. The zero-order valence-corrected chi connectivity index (χ0v) is 12.5. The number of carboxylic acids is 1. The zero-order valence-electron chi connectivity index (χ0n) is 11.3. The molecule has 0 aromatic heterocycles. The summed E-state index contributed by atoms with van der Waals surface area (Å²) < 4.78 is 0. The molecule has 0 rings (SSSR count). The van der Waals surface area contributed by atoms with Crippen LogP contribution in [0.2, 0.25) is 0 Å². The van der Waals surface area contributed by atoms with Crippen molar-refractivity contribution in [2.24, 2.45) is 5.73 Å². The van der Waals surface area contributed by atoms with Gasteiger partial charge in [0, 0.05) is 0 Å². The maximum absolute atomic E-state index is 11.7. The van der Waals surface area contributed by atoms with Crippen LogP contribution >= 0.6 is 9.24 Å². The third kappa shape index (κ3) is 7.08. The Labute approximate surface area is 114 Å². The molecule has 0 aromatic carbocycles. The molecular weight excluding hydrogens is 269 g/mol. The van der Waals surface area contributed by atoms with Gasteiger partial charge in [0.15, 0.2) is 0 Å². The Morgan fingerprint density at radius 1 is 1.11 bits per heavy atom. The molecule has 0 radical (unpaired) electrons. The van der Waals surface area contributed by atoms with E-state index in [4.69, 9.17) is 10.8 Å². The minimum absolute atomic E-state index is 0.192. The third-order valence-electron chi connectivity index (χ3n) is 2.44. The first-order chi connectivity index (χ1) is 8.65. The summed E-state index contributed by atoms with van der Waals surface area (Å²) in [5.74, 6) is -2.13. The second-order valence-electron chi connectivity index (χ2n) is 4.62. The van der Waals surface area contributed by atoms with Crippen molar-refractivity contribution in [3.8, 4) is 0 Å². The zero-order chi connectivity index (χ0) is 15.2. The van der Waals surface area contributed by atoms with Crippen LogP contribution in [-0.4, -0.2) is 46.7 Å². The average Bonchev–Trinajstić information content (AvgIpc) is 2.27. The van der Waals surface area contributed by atoms with E-state index in [0.717, 1.165) is 0 Å².